The van der Waals surface area contributed by atoms with Crippen LogP contribution in [0.1, 0.15) is 50.9 Å². The standard InChI is InChI=1S/C21H29N3O2/c1-4-17(5-2)22-21(25)24-15-14-23-13-7-8-19(23)20(24)16-9-11-18(12-10-16)26-6-3/h7-13,17,20H,4-6,14-15H2,1-3H3,(H,22,25)/t20-/m1/s1. The topological polar surface area (TPSA) is 46.5 Å². The highest BCUT2D eigenvalue weighted by atomic mass is 16.5. The number of carbonyl (C=O) groups excluding carboxylic acids is 1. The van der Waals surface area contributed by atoms with Gasteiger partial charge in [-0.3, -0.25) is 0 Å². The molecule has 0 unspecified atom stereocenters. The number of nitrogens with one attached hydrogen (secondary N) is 1. The van der Waals surface area contributed by atoms with Crippen LogP contribution in [0.5, 0.6) is 5.75 Å². The van der Waals surface area contributed by atoms with Gasteiger partial charge in [-0.25, -0.2) is 4.79 Å². The third-order valence-electron chi connectivity index (χ3n) is 5.12. The van der Waals surface area contributed by atoms with Crippen molar-refractivity contribution >= 4 is 6.03 Å². The highest BCUT2D eigenvalue weighted by Gasteiger charge is 2.32. The monoisotopic (exact) mass is 355 g/mol. The number of nitrogens with zero attached hydrogens (tertiary/aromatic N) is 2. The number of aromatic nitrogens is 1. The third kappa shape index (κ3) is 3.71. The van der Waals surface area contributed by atoms with E-state index in [0.29, 0.717) is 13.2 Å². The van der Waals surface area contributed by atoms with Crippen LogP contribution >= 0.6 is 0 Å². The number of urea groups is 1. The van der Waals surface area contributed by atoms with Gasteiger partial charge in [0, 0.05) is 31.0 Å². The summed E-state index contributed by atoms with van der Waals surface area (Å²) < 4.78 is 7.80. The van der Waals surface area contributed by atoms with E-state index >= 15 is 0 Å². The minimum atomic E-state index is -0.0798. The molecule has 1 N–H and O–H groups in total. The normalized spacial score (nSPS) is 16.5. The van der Waals surface area contributed by atoms with Crippen LogP contribution in [0.3, 0.4) is 0 Å². The van der Waals surface area contributed by atoms with E-state index in [2.05, 4.69) is 54.2 Å². The molecule has 0 saturated carbocycles. The molecular formula is C21H29N3O2. The number of benzene rings is 1. The van der Waals surface area contributed by atoms with Crippen molar-refractivity contribution in [2.75, 3.05) is 13.2 Å². The first-order valence-corrected chi connectivity index (χ1v) is 9.62. The van der Waals surface area contributed by atoms with Crippen molar-refractivity contribution in [2.45, 2.75) is 52.2 Å². The summed E-state index contributed by atoms with van der Waals surface area (Å²) >= 11 is 0. The average molecular weight is 355 g/mol. The zero-order valence-corrected chi connectivity index (χ0v) is 15.9. The summed E-state index contributed by atoms with van der Waals surface area (Å²) in [6, 6.07) is 12.4. The molecule has 1 atom stereocenters. The Hall–Kier alpha value is -2.43. The van der Waals surface area contributed by atoms with Gasteiger partial charge in [0.1, 0.15) is 5.75 Å². The van der Waals surface area contributed by atoms with E-state index in [0.717, 1.165) is 36.4 Å². The molecule has 0 saturated heterocycles. The Balaban J connectivity index is 1.90. The molecule has 3 rings (SSSR count). The van der Waals surface area contributed by atoms with Crippen LogP contribution in [0.15, 0.2) is 42.6 Å². The summed E-state index contributed by atoms with van der Waals surface area (Å²) in [5, 5.41) is 3.19. The van der Waals surface area contributed by atoms with Crippen LogP contribution < -0.4 is 10.1 Å². The van der Waals surface area contributed by atoms with Crippen molar-refractivity contribution in [3.8, 4) is 5.75 Å². The van der Waals surface area contributed by atoms with Gasteiger partial charge in [-0.2, -0.15) is 0 Å². The van der Waals surface area contributed by atoms with Gasteiger partial charge >= 0.3 is 6.03 Å². The summed E-state index contributed by atoms with van der Waals surface area (Å²) in [5.74, 6) is 0.857. The first-order chi connectivity index (χ1) is 12.7. The smallest absolute Gasteiger partial charge is 0.318 e. The van der Waals surface area contributed by atoms with Gasteiger partial charge in [-0.1, -0.05) is 26.0 Å². The lowest BCUT2D eigenvalue weighted by atomic mass is 10.00. The second-order valence-electron chi connectivity index (χ2n) is 6.69. The second kappa shape index (κ2) is 8.30. The fraction of sp³-hybridized carbons (Fsp3) is 0.476. The van der Waals surface area contributed by atoms with Gasteiger partial charge in [0.25, 0.3) is 0 Å². The molecule has 2 amide bonds. The Morgan fingerprint density at radius 1 is 1.15 bits per heavy atom. The van der Waals surface area contributed by atoms with Crippen LogP contribution in [0.25, 0.3) is 0 Å². The minimum Gasteiger partial charge on any atom is -0.494 e. The van der Waals surface area contributed by atoms with Crippen LogP contribution in [0.2, 0.25) is 0 Å². The van der Waals surface area contributed by atoms with Crippen molar-refractivity contribution in [3.63, 3.8) is 0 Å². The van der Waals surface area contributed by atoms with Crippen molar-refractivity contribution in [1.82, 2.24) is 14.8 Å². The van der Waals surface area contributed by atoms with Gasteiger partial charge in [0.05, 0.1) is 12.6 Å². The summed E-state index contributed by atoms with van der Waals surface area (Å²) in [5.41, 5.74) is 2.26. The lowest BCUT2D eigenvalue weighted by molar-refractivity contribution is 0.164. The van der Waals surface area contributed by atoms with Crippen LogP contribution in [0, 0.1) is 0 Å². The molecule has 0 fully saturated rings. The molecule has 0 bridgehead atoms. The number of amides is 2. The molecule has 5 heteroatoms. The zero-order valence-electron chi connectivity index (χ0n) is 15.9. The third-order valence-corrected chi connectivity index (χ3v) is 5.12. The van der Waals surface area contributed by atoms with Gasteiger partial charge in [-0.15, -0.1) is 0 Å². The Morgan fingerprint density at radius 2 is 1.88 bits per heavy atom. The van der Waals surface area contributed by atoms with E-state index in [1.54, 1.807) is 0 Å². The van der Waals surface area contributed by atoms with E-state index in [4.69, 9.17) is 4.74 Å². The maximum absolute atomic E-state index is 13.0. The van der Waals surface area contributed by atoms with Crippen LogP contribution in [-0.4, -0.2) is 34.7 Å². The Kier molecular flexibility index (Phi) is 5.86. The Bertz CT molecular complexity index is 719. The number of hydrogen-bond donors (Lipinski definition) is 1. The number of hydrogen-bond acceptors (Lipinski definition) is 2. The molecule has 1 aliphatic rings. The summed E-state index contributed by atoms with van der Waals surface area (Å²) in [6.07, 6.45) is 3.98. The largest absolute Gasteiger partial charge is 0.494 e. The molecule has 1 aliphatic heterocycles. The maximum Gasteiger partial charge on any atom is 0.318 e. The maximum atomic E-state index is 13.0. The molecule has 2 aromatic rings. The first kappa shape index (κ1) is 18.4. The number of ether oxygens (including phenoxy) is 1. The van der Waals surface area contributed by atoms with Crippen molar-refractivity contribution in [1.29, 1.82) is 0 Å². The fourth-order valence-corrected chi connectivity index (χ4v) is 3.62. The summed E-state index contributed by atoms with van der Waals surface area (Å²) in [6.45, 7) is 8.37. The first-order valence-electron chi connectivity index (χ1n) is 9.62. The molecule has 5 nitrogen and oxygen atoms in total. The van der Waals surface area contributed by atoms with E-state index in [1.165, 1.54) is 0 Å². The number of carbonyl (C=O) groups is 1. The molecular weight excluding hydrogens is 326 g/mol. The van der Waals surface area contributed by atoms with E-state index < -0.39 is 0 Å². The number of rotatable bonds is 6. The lowest BCUT2D eigenvalue weighted by Crippen LogP contribution is -2.49. The highest BCUT2D eigenvalue weighted by molar-refractivity contribution is 5.76. The lowest BCUT2D eigenvalue weighted by Gasteiger charge is -2.38. The Labute approximate surface area is 156 Å². The second-order valence-corrected chi connectivity index (χ2v) is 6.69. The molecule has 26 heavy (non-hydrogen) atoms. The predicted octanol–water partition coefficient (Wildman–Crippen LogP) is 4.19. The Morgan fingerprint density at radius 3 is 2.54 bits per heavy atom. The molecule has 0 aliphatic carbocycles. The summed E-state index contributed by atoms with van der Waals surface area (Å²) in [7, 11) is 0. The average Bonchev–Trinajstić information content (AvgIpc) is 3.15. The van der Waals surface area contributed by atoms with E-state index in [-0.39, 0.29) is 18.1 Å². The molecule has 1 aromatic carbocycles. The highest BCUT2D eigenvalue weighted by Crippen LogP contribution is 2.33. The molecule has 140 valence electrons. The van der Waals surface area contributed by atoms with Gasteiger partial charge in [-0.05, 0) is 49.6 Å². The van der Waals surface area contributed by atoms with E-state index in [9.17, 15) is 4.79 Å². The van der Waals surface area contributed by atoms with Gasteiger partial charge in [0.2, 0.25) is 0 Å². The van der Waals surface area contributed by atoms with E-state index in [1.807, 2.05) is 24.0 Å². The van der Waals surface area contributed by atoms with Crippen molar-refractivity contribution in [2.24, 2.45) is 0 Å². The van der Waals surface area contributed by atoms with Gasteiger partial charge < -0.3 is 19.5 Å². The molecule has 2 heterocycles. The van der Waals surface area contributed by atoms with Crippen LogP contribution in [-0.2, 0) is 6.54 Å². The summed E-state index contributed by atoms with van der Waals surface area (Å²) in [4.78, 5) is 15.0. The van der Waals surface area contributed by atoms with Crippen molar-refractivity contribution in [3.05, 3.63) is 53.9 Å². The predicted molar refractivity (Wildman–Crippen MR) is 103 cm³/mol. The quantitative estimate of drug-likeness (QED) is 0.844. The zero-order chi connectivity index (χ0) is 18.5. The fourth-order valence-electron chi connectivity index (χ4n) is 3.62. The minimum absolute atomic E-state index is 0.0186. The molecule has 0 spiro atoms. The number of fused-ring (bicyclic) bond motifs is 1. The molecule has 0 radical (unpaired) electrons. The SMILES string of the molecule is CCOc1ccc([C@@H]2c3cccn3CCN2C(=O)NC(CC)CC)cc1. The van der Waals surface area contributed by atoms with Gasteiger partial charge in [0.15, 0.2) is 0 Å². The van der Waals surface area contributed by atoms with Crippen molar-refractivity contribution < 1.29 is 9.53 Å². The van der Waals surface area contributed by atoms with Crippen LogP contribution in [0.4, 0.5) is 4.79 Å². The molecule has 1 aromatic heterocycles.